The lowest BCUT2D eigenvalue weighted by molar-refractivity contribution is -0.255. The van der Waals surface area contributed by atoms with Crippen LogP contribution in [-0.2, 0) is 9.47 Å². The smallest absolute Gasteiger partial charge is 0.408 e. The molecule has 1 amide bonds. The van der Waals surface area contributed by atoms with Crippen LogP contribution >= 0.6 is 0 Å². The molecule has 0 bridgehead atoms. The Labute approximate surface area is 288 Å². The summed E-state index contributed by atoms with van der Waals surface area (Å²) in [5.41, 5.74) is 0. The Morgan fingerprint density at radius 3 is 0.870 bits per heavy atom. The summed E-state index contributed by atoms with van der Waals surface area (Å²) in [4.78, 5) is 11.6. The summed E-state index contributed by atoms with van der Waals surface area (Å²) < 4.78 is 12.2. The zero-order chi connectivity index (χ0) is 33.7. The molecule has 0 saturated carbocycles. The van der Waals surface area contributed by atoms with Gasteiger partial charge in [-0.25, -0.2) is 4.79 Å². The van der Waals surface area contributed by atoms with Gasteiger partial charge < -0.3 is 14.6 Å². The Morgan fingerprint density at radius 1 is 0.413 bits per heavy atom. The molecule has 276 valence electrons. The second-order valence-electron chi connectivity index (χ2n) is 14.2. The predicted octanol–water partition coefficient (Wildman–Crippen LogP) is 14.3. The highest BCUT2D eigenvalue weighted by atomic mass is 16.7. The SMILES string of the molecule is CCCCCCCCCCCCCCCCCCOC(CCC)(NC(=O)O)OCCCCCCCCCCCCCCCCCC. The van der Waals surface area contributed by atoms with E-state index in [0.29, 0.717) is 19.6 Å². The predicted molar refractivity (Wildman–Crippen MR) is 200 cm³/mol. The molecule has 0 aromatic rings. The lowest BCUT2D eigenvalue weighted by Crippen LogP contribution is -2.52. The zero-order valence-corrected chi connectivity index (χ0v) is 31.6. The van der Waals surface area contributed by atoms with Gasteiger partial charge in [-0.3, -0.25) is 5.32 Å². The van der Waals surface area contributed by atoms with Crippen LogP contribution < -0.4 is 5.32 Å². The van der Waals surface area contributed by atoms with Crippen LogP contribution in [0.2, 0.25) is 0 Å². The van der Waals surface area contributed by atoms with Gasteiger partial charge in [-0.1, -0.05) is 213 Å². The van der Waals surface area contributed by atoms with E-state index in [4.69, 9.17) is 9.47 Å². The second-order valence-corrected chi connectivity index (χ2v) is 14.2. The number of ether oxygens (including phenoxy) is 2. The first-order chi connectivity index (χ1) is 22.6. The number of carboxylic acid groups (broad SMARTS) is 1. The van der Waals surface area contributed by atoms with Gasteiger partial charge in [-0.15, -0.1) is 0 Å². The highest BCUT2D eigenvalue weighted by molar-refractivity contribution is 5.65. The molecule has 0 aliphatic rings. The van der Waals surface area contributed by atoms with Gasteiger partial charge in [0.15, 0.2) is 0 Å². The normalized spacial score (nSPS) is 11.8. The number of nitrogens with one attached hydrogen (secondary N) is 1. The van der Waals surface area contributed by atoms with Crippen molar-refractivity contribution in [2.45, 2.75) is 245 Å². The third-order valence-corrected chi connectivity index (χ3v) is 9.54. The van der Waals surface area contributed by atoms with E-state index in [9.17, 15) is 9.90 Å². The second kappa shape index (κ2) is 37.0. The minimum Gasteiger partial charge on any atom is -0.465 e. The van der Waals surface area contributed by atoms with Crippen LogP contribution in [0.5, 0.6) is 0 Å². The summed E-state index contributed by atoms with van der Waals surface area (Å²) in [6, 6.07) is 0. The van der Waals surface area contributed by atoms with Crippen LogP contribution in [0.25, 0.3) is 0 Å². The average Bonchev–Trinajstić information content (AvgIpc) is 3.04. The quantitative estimate of drug-likeness (QED) is 0.0512. The van der Waals surface area contributed by atoms with E-state index in [1.54, 1.807) is 0 Å². The highest BCUT2D eigenvalue weighted by Crippen LogP contribution is 2.21. The Bertz CT molecular complexity index is 561. The van der Waals surface area contributed by atoms with Crippen molar-refractivity contribution < 1.29 is 19.4 Å². The first-order valence-electron chi connectivity index (χ1n) is 20.9. The summed E-state index contributed by atoms with van der Waals surface area (Å²) in [6.07, 6.45) is 43.0. The molecule has 0 aliphatic heterocycles. The summed E-state index contributed by atoms with van der Waals surface area (Å²) in [7, 11) is 0. The van der Waals surface area contributed by atoms with Crippen LogP contribution in [0, 0.1) is 0 Å². The van der Waals surface area contributed by atoms with Gasteiger partial charge in [0, 0.05) is 6.42 Å². The topological polar surface area (TPSA) is 67.8 Å². The fraction of sp³-hybridized carbons (Fsp3) is 0.976. The van der Waals surface area contributed by atoms with E-state index in [0.717, 1.165) is 32.1 Å². The largest absolute Gasteiger partial charge is 0.465 e. The third-order valence-electron chi connectivity index (χ3n) is 9.54. The van der Waals surface area contributed by atoms with Crippen LogP contribution in [0.4, 0.5) is 4.79 Å². The molecular weight excluding hydrogens is 570 g/mol. The molecule has 5 heteroatoms. The molecule has 0 aromatic heterocycles. The van der Waals surface area contributed by atoms with Crippen molar-refractivity contribution in [2.24, 2.45) is 0 Å². The summed E-state index contributed by atoms with van der Waals surface area (Å²) >= 11 is 0. The van der Waals surface area contributed by atoms with E-state index < -0.39 is 12.0 Å². The maximum atomic E-state index is 11.6. The number of amides is 1. The fourth-order valence-corrected chi connectivity index (χ4v) is 6.59. The van der Waals surface area contributed by atoms with Crippen molar-refractivity contribution in [3.05, 3.63) is 0 Å². The molecule has 0 aromatic carbocycles. The minimum absolute atomic E-state index is 0.539. The van der Waals surface area contributed by atoms with Gasteiger partial charge in [0.05, 0.1) is 13.2 Å². The summed E-state index contributed by atoms with van der Waals surface area (Å²) in [5, 5.41) is 12.1. The van der Waals surface area contributed by atoms with E-state index >= 15 is 0 Å². The van der Waals surface area contributed by atoms with E-state index in [2.05, 4.69) is 19.2 Å². The number of rotatable bonds is 39. The van der Waals surface area contributed by atoms with Crippen LogP contribution in [0.1, 0.15) is 239 Å². The Kier molecular flexibility index (Phi) is 36.4. The van der Waals surface area contributed by atoms with Gasteiger partial charge in [-0.05, 0) is 19.3 Å². The van der Waals surface area contributed by atoms with Gasteiger partial charge in [0.1, 0.15) is 0 Å². The summed E-state index contributed by atoms with van der Waals surface area (Å²) in [5.74, 6) is -1.20. The highest BCUT2D eigenvalue weighted by Gasteiger charge is 2.33. The Morgan fingerprint density at radius 2 is 0.652 bits per heavy atom. The van der Waals surface area contributed by atoms with Crippen molar-refractivity contribution in [1.29, 1.82) is 0 Å². The maximum Gasteiger partial charge on any atom is 0.408 e. The molecule has 0 radical (unpaired) electrons. The molecule has 0 heterocycles. The molecule has 0 atom stereocenters. The first kappa shape index (κ1) is 45.2. The van der Waals surface area contributed by atoms with Crippen molar-refractivity contribution >= 4 is 6.09 Å². The lowest BCUT2D eigenvalue weighted by Gasteiger charge is -2.33. The molecule has 0 aliphatic carbocycles. The number of unbranched alkanes of at least 4 members (excludes halogenated alkanes) is 30. The molecule has 2 N–H and O–H groups in total. The van der Waals surface area contributed by atoms with Crippen molar-refractivity contribution in [3.8, 4) is 0 Å². The maximum absolute atomic E-state index is 11.6. The summed E-state index contributed by atoms with van der Waals surface area (Å²) in [6.45, 7) is 7.70. The molecule has 0 rings (SSSR count). The van der Waals surface area contributed by atoms with Gasteiger partial charge in [0.25, 0.3) is 5.91 Å². The molecule has 5 nitrogen and oxygen atoms in total. The van der Waals surface area contributed by atoms with Crippen molar-refractivity contribution in [3.63, 3.8) is 0 Å². The van der Waals surface area contributed by atoms with E-state index in [1.165, 1.54) is 180 Å². The lowest BCUT2D eigenvalue weighted by atomic mass is 10.0. The number of hydrogen-bond donors (Lipinski definition) is 2. The molecular formula is C41H83NO4. The molecule has 0 spiro atoms. The third kappa shape index (κ3) is 33.1. The standard InChI is InChI=1S/C41H83NO4/c1-4-7-9-11-13-15-17-19-21-23-25-27-29-31-33-35-38-45-41(37-6-3,42-40(43)44)46-39-36-34-32-30-28-26-24-22-20-18-16-14-12-10-8-5-2/h42H,4-39H2,1-3H3,(H,43,44). The number of carbonyl (C=O) groups is 1. The zero-order valence-electron chi connectivity index (χ0n) is 31.6. The Balaban J connectivity index is 3.81. The molecule has 0 saturated heterocycles. The van der Waals surface area contributed by atoms with Crippen LogP contribution in [0.15, 0.2) is 0 Å². The minimum atomic E-state index is -1.20. The first-order valence-corrected chi connectivity index (χ1v) is 20.9. The number of hydrogen-bond acceptors (Lipinski definition) is 3. The fourth-order valence-electron chi connectivity index (χ4n) is 6.59. The molecule has 0 fully saturated rings. The van der Waals surface area contributed by atoms with Gasteiger partial charge in [-0.2, -0.15) is 0 Å². The molecule has 0 unspecified atom stereocenters. The van der Waals surface area contributed by atoms with E-state index in [1.807, 2.05) is 6.92 Å². The average molecular weight is 654 g/mol. The van der Waals surface area contributed by atoms with Crippen LogP contribution in [-0.4, -0.2) is 30.3 Å². The van der Waals surface area contributed by atoms with E-state index in [-0.39, 0.29) is 0 Å². The Hall–Kier alpha value is -0.810. The molecule has 46 heavy (non-hydrogen) atoms. The van der Waals surface area contributed by atoms with Gasteiger partial charge in [0.2, 0.25) is 0 Å². The van der Waals surface area contributed by atoms with Crippen molar-refractivity contribution in [2.75, 3.05) is 13.2 Å². The monoisotopic (exact) mass is 654 g/mol. The van der Waals surface area contributed by atoms with Gasteiger partial charge >= 0.3 is 6.09 Å². The van der Waals surface area contributed by atoms with Crippen molar-refractivity contribution in [1.82, 2.24) is 5.32 Å². The van der Waals surface area contributed by atoms with Crippen LogP contribution in [0.3, 0.4) is 0 Å².